The third-order valence-corrected chi connectivity index (χ3v) is 6.36. The summed E-state index contributed by atoms with van der Waals surface area (Å²) in [5, 5.41) is 0.817. The minimum atomic E-state index is 0. The summed E-state index contributed by atoms with van der Waals surface area (Å²) in [5.41, 5.74) is 10.7. The molecule has 5 heteroatoms. The summed E-state index contributed by atoms with van der Waals surface area (Å²) in [6.45, 7) is 2.92. The molecule has 2 aromatic rings. The van der Waals surface area contributed by atoms with Gasteiger partial charge in [-0.25, -0.2) is 0 Å². The van der Waals surface area contributed by atoms with E-state index in [1.807, 2.05) is 6.07 Å². The predicted molar refractivity (Wildman–Crippen MR) is 115 cm³/mol. The first-order chi connectivity index (χ1) is 11.7. The molecule has 1 saturated carbocycles. The predicted octanol–water partition coefficient (Wildman–Crippen LogP) is 5.34. The quantitative estimate of drug-likeness (QED) is 0.736. The van der Waals surface area contributed by atoms with Crippen LogP contribution in [-0.4, -0.2) is 17.5 Å². The molecule has 0 bridgehead atoms. The van der Waals surface area contributed by atoms with Crippen molar-refractivity contribution in [3.05, 3.63) is 70.2 Å². The Morgan fingerprint density at radius 2 is 1.58 bits per heavy atom. The molecule has 2 aliphatic rings. The highest BCUT2D eigenvalue weighted by Gasteiger charge is 2.38. The number of nitrogens with zero attached hydrogens (tertiary/aromatic N) is 1. The maximum absolute atomic E-state index is 6.23. The van der Waals surface area contributed by atoms with Crippen molar-refractivity contribution in [2.75, 3.05) is 6.54 Å². The number of fused-ring (bicyclic) bond motifs is 1. The summed E-state index contributed by atoms with van der Waals surface area (Å²) in [4.78, 5) is 2.66. The molecular weight excluding hydrogens is 387 g/mol. The monoisotopic (exact) mass is 412 g/mol. The normalized spacial score (nSPS) is 25.1. The topological polar surface area (TPSA) is 29.3 Å². The van der Waals surface area contributed by atoms with E-state index in [9.17, 15) is 0 Å². The molecule has 2 nitrogen and oxygen atoms in total. The number of nitrogens with two attached hydrogens (primary N) is 1. The molecule has 2 aromatic carbocycles. The van der Waals surface area contributed by atoms with E-state index in [4.69, 9.17) is 17.3 Å². The Morgan fingerprint density at radius 3 is 2.12 bits per heavy atom. The Kier molecular flexibility index (Phi) is 7.41. The average molecular weight is 414 g/mol. The van der Waals surface area contributed by atoms with Gasteiger partial charge in [0, 0.05) is 36.1 Å². The first-order valence-corrected chi connectivity index (χ1v) is 9.35. The van der Waals surface area contributed by atoms with Gasteiger partial charge in [-0.05, 0) is 54.5 Å². The number of rotatable bonds is 3. The van der Waals surface area contributed by atoms with Crippen molar-refractivity contribution in [2.24, 2.45) is 5.73 Å². The zero-order chi connectivity index (χ0) is 16.6. The second-order valence-corrected chi connectivity index (χ2v) is 7.84. The van der Waals surface area contributed by atoms with Gasteiger partial charge in [0.2, 0.25) is 0 Å². The molecule has 0 amide bonds. The van der Waals surface area contributed by atoms with Gasteiger partial charge in [-0.2, -0.15) is 0 Å². The highest BCUT2D eigenvalue weighted by atomic mass is 35.5. The molecule has 0 aromatic heterocycles. The lowest BCUT2D eigenvalue weighted by Gasteiger charge is -2.42. The molecule has 2 N–H and O–H groups in total. The van der Waals surface area contributed by atoms with Gasteiger partial charge >= 0.3 is 0 Å². The molecule has 1 aliphatic heterocycles. The first kappa shape index (κ1) is 21.5. The standard InChI is InChI=1S/C21H25ClN2.2ClH/c22-19-7-3-6-18(12-19)21(15-23)10-8-20(9-11-21)24-13-16-4-1-2-5-17(16)14-24;;/h1-7,12,20H,8-11,13-15,23H2;2*1H/t20-,21+;;. The molecule has 0 saturated heterocycles. The fourth-order valence-corrected chi connectivity index (χ4v) is 4.76. The van der Waals surface area contributed by atoms with Crippen molar-refractivity contribution in [3.8, 4) is 0 Å². The molecule has 1 heterocycles. The van der Waals surface area contributed by atoms with Crippen molar-refractivity contribution in [1.82, 2.24) is 4.90 Å². The SMILES string of the molecule is Cl.Cl.NC[C@]1(c2cccc(Cl)c2)CC[C@@H](N2Cc3ccccc3C2)CC1. The second kappa shape index (κ2) is 8.95. The summed E-state index contributed by atoms with van der Waals surface area (Å²) in [7, 11) is 0. The summed E-state index contributed by atoms with van der Waals surface area (Å²) in [6.07, 6.45) is 4.75. The van der Waals surface area contributed by atoms with E-state index >= 15 is 0 Å². The van der Waals surface area contributed by atoms with E-state index in [1.165, 1.54) is 29.5 Å². The Balaban J connectivity index is 0.00000121. The third-order valence-electron chi connectivity index (χ3n) is 6.12. The fourth-order valence-electron chi connectivity index (χ4n) is 4.57. The van der Waals surface area contributed by atoms with Gasteiger partial charge < -0.3 is 5.73 Å². The molecule has 0 spiro atoms. The average Bonchev–Trinajstić information content (AvgIpc) is 3.06. The van der Waals surface area contributed by atoms with E-state index in [0.717, 1.165) is 31.0 Å². The van der Waals surface area contributed by atoms with Crippen LogP contribution in [0.1, 0.15) is 42.4 Å². The molecular formula is C21H27Cl3N2. The highest BCUT2D eigenvalue weighted by Crippen LogP contribution is 2.42. The highest BCUT2D eigenvalue weighted by molar-refractivity contribution is 6.30. The van der Waals surface area contributed by atoms with Gasteiger partial charge in [-0.15, -0.1) is 24.8 Å². The fraction of sp³-hybridized carbons (Fsp3) is 0.429. The van der Waals surface area contributed by atoms with E-state index in [0.29, 0.717) is 12.6 Å². The van der Waals surface area contributed by atoms with Crippen LogP contribution in [0, 0.1) is 0 Å². The van der Waals surface area contributed by atoms with E-state index in [-0.39, 0.29) is 30.2 Å². The van der Waals surface area contributed by atoms with Crippen LogP contribution in [0.2, 0.25) is 5.02 Å². The smallest absolute Gasteiger partial charge is 0.0408 e. The van der Waals surface area contributed by atoms with Gasteiger partial charge in [-0.1, -0.05) is 48.0 Å². The van der Waals surface area contributed by atoms with Crippen molar-refractivity contribution < 1.29 is 0 Å². The summed E-state index contributed by atoms with van der Waals surface area (Å²) in [6, 6.07) is 17.8. The van der Waals surface area contributed by atoms with Crippen molar-refractivity contribution >= 4 is 36.4 Å². The lowest BCUT2D eigenvalue weighted by Crippen LogP contribution is -2.44. The van der Waals surface area contributed by atoms with Crippen LogP contribution < -0.4 is 5.73 Å². The van der Waals surface area contributed by atoms with Crippen LogP contribution in [0.5, 0.6) is 0 Å². The van der Waals surface area contributed by atoms with E-state index < -0.39 is 0 Å². The molecule has 1 aliphatic carbocycles. The van der Waals surface area contributed by atoms with Gasteiger partial charge in [-0.3, -0.25) is 4.90 Å². The largest absolute Gasteiger partial charge is 0.330 e. The Hall–Kier alpha value is -0.770. The lowest BCUT2D eigenvalue weighted by molar-refractivity contribution is 0.124. The van der Waals surface area contributed by atoms with Crippen LogP contribution in [-0.2, 0) is 18.5 Å². The third kappa shape index (κ3) is 4.05. The van der Waals surface area contributed by atoms with Gasteiger partial charge in [0.15, 0.2) is 0 Å². The summed E-state index contributed by atoms with van der Waals surface area (Å²) >= 11 is 6.22. The van der Waals surface area contributed by atoms with Crippen molar-refractivity contribution in [2.45, 2.75) is 50.2 Å². The molecule has 4 rings (SSSR count). The van der Waals surface area contributed by atoms with Crippen molar-refractivity contribution in [3.63, 3.8) is 0 Å². The molecule has 1 fully saturated rings. The summed E-state index contributed by atoms with van der Waals surface area (Å²) in [5.74, 6) is 0. The Bertz CT molecular complexity index is 702. The van der Waals surface area contributed by atoms with Gasteiger partial charge in [0.1, 0.15) is 0 Å². The molecule has 0 radical (unpaired) electrons. The molecule has 26 heavy (non-hydrogen) atoms. The Morgan fingerprint density at radius 1 is 0.962 bits per heavy atom. The second-order valence-electron chi connectivity index (χ2n) is 7.40. The molecule has 0 atom stereocenters. The number of halogens is 3. The lowest BCUT2D eigenvalue weighted by atomic mass is 9.68. The van der Waals surface area contributed by atoms with Crippen molar-refractivity contribution in [1.29, 1.82) is 0 Å². The zero-order valence-corrected chi connectivity index (χ0v) is 17.3. The van der Waals surface area contributed by atoms with Gasteiger partial charge in [0.25, 0.3) is 0 Å². The van der Waals surface area contributed by atoms with Crippen LogP contribution >= 0.6 is 36.4 Å². The number of benzene rings is 2. The maximum Gasteiger partial charge on any atom is 0.0408 e. The molecule has 142 valence electrons. The zero-order valence-electron chi connectivity index (χ0n) is 14.9. The van der Waals surface area contributed by atoms with Crippen LogP contribution in [0.4, 0.5) is 0 Å². The van der Waals surface area contributed by atoms with E-state index in [1.54, 1.807) is 0 Å². The molecule has 0 unspecified atom stereocenters. The number of hydrogen-bond acceptors (Lipinski definition) is 2. The maximum atomic E-state index is 6.23. The summed E-state index contributed by atoms with van der Waals surface area (Å²) < 4.78 is 0. The Labute approximate surface area is 173 Å². The van der Waals surface area contributed by atoms with Crippen LogP contribution in [0.25, 0.3) is 0 Å². The van der Waals surface area contributed by atoms with Crippen LogP contribution in [0.3, 0.4) is 0 Å². The minimum Gasteiger partial charge on any atom is -0.330 e. The van der Waals surface area contributed by atoms with E-state index in [2.05, 4.69) is 47.4 Å². The number of hydrogen-bond donors (Lipinski definition) is 1. The first-order valence-electron chi connectivity index (χ1n) is 8.97. The minimum absolute atomic E-state index is 0. The van der Waals surface area contributed by atoms with Crippen LogP contribution in [0.15, 0.2) is 48.5 Å². The van der Waals surface area contributed by atoms with Gasteiger partial charge in [0.05, 0.1) is 0 Å².